The van der Waals surface area contributed by atoms with E-state index in [9.17, 15) is 18.8 Å². The van der Waals surface area contributed by atoms with E-state index in [0.717, 1.165) is 6.07 Å². The molecule has 3 aromatic rings. The van der Waals surface area contributed by atoms with E-state index in [1.54, 1.807) is 24.3 Å². The molecule has 7 nitrogen and oxygen atoms in total. The van der Waals surface area contributed by atoms with E-state index in [1.165, 1.54) is 23.0 Å². The van der Waals surface area contributed by atoms with Crippen LogP contribution in [0.3, 0.4) is 0 Å². The topological polar surface area (TPSA) is 93.1 Å². The van der Waals surface area contributed by atoms with Crippen LogP contribution in [-0.4, -0.2) is 27.9 Å². The Labute approximate surface area is 164 Å². The first-order valence-corrected chi connectivity index (χ1v) is 8.77. The largest absolute Gasteiger partial charge is 0.354 e. The van der Waals surface area contributed by atoms with E-state index < -0.39 is 11.7 Å². The molecule has 0 fully saturated rings. The standard InChI is InChI=1S/C19H16ClFN4O3/c20-14-9-12(5-6-15(14)21)24-17(26)7-8-22-18(27)10-25-11-23-16-4-2-1-3-13(16)19(25)28/h1-6,9,11H,7-8,10H2,(H,22,27)(H,24,26). The molecule has 0 bridgehead atoms. The Kier molecular flexibility index (Phi) is 6.00. The van der Waals surface area contributed by atoms with Gasteiger partial charge in [-0.05, 0) is 30.3 Å². The minimum atomic E-state index is -0.578. The number of anilines is 1. The van der Waals surface area contributed by atoms with Crippen molar-refractivity contribution in [2.45, 2.75) is 13.0 Å². The van der Waals surface area contributed by atoms with Gasteiger partial charge in [0.05, 0.1) is 22.3 Å². The molecule has 9 heteroatoms. The van der Waals surface area contributed by atoms with Gasteiger partial charge in [-0.2, -0.15) is 0 Å². The highest BCUT2D eigenvalue weighted by Gasteiger charge is 2.09. The van der Waals surface area contributed by atoms with Crippen molar-refractivity contribution >= 4 is 40.0 Å². The lowest BCUT2D eigenvalue weighted by atomic mass is 10.2. The van der Waals surface area contributed by atoms with Crippen molar-refractivity contribution in [3.05, 3.63) is 70.0 Å². The number of carbonyl (C=O) groups is 2. The summed E-state index contributed by atoms with van der Waals surface area (Å²) in [6.45, 7) is -0.124. The molecule has 2 aromatic carbocycles. The first-order valence-electron chi connectivity index (χ1n) is 8.40. The number of carbonyl (C=O) groups excluding carboxylic acids is 2. The second-order valence-electron chi connectivity index (χ2n) is 5.97. The fourth-order valence-electron chi connectivity index (χ4n) is 2.54. The molecule has 0 saturated heterocycles. The van der Waals surface area contributed by atoms with E-state index in [1.807, 2.05) is 0 Å². The molecule has 1 heterocycles. The third-order valence-corrected chi connectivity index (χ3v) is 4.21. The number of hydrogen-bond acceptors (Lipinski definition) is 4. The van der Waals surface area contributed by atoms with Crippen molar-refractivity contribution in [1.29, 1.82) is 0 Å². The van der Waals surface area contributed by atoms with Crippen LogP contribution >= 0.6 is 11.6 Å². The Balaban J connectivity index is 1.50. The third kappa shape index (κ3) is 4.72. The van der Waals surface area contributed by atoms with Gasteiger partial charge in [0, 0.05) is 18.7 Å². The SMILES string of the molecule is O=C(Cn1cnc2ccccc2c1=O)NCCC(=O)Nc1ccc(F)c(Cl)c1. The highest BCUT2D eigenvalue weighted by atomic mass is 35.5. The predicted octanol–water partition coefficient (Wildman–Crippen LogP) is 2.33. The van der Waals surface area contributed by atoms with Crippen molar-refractivity contribution in [1.82, 2.24) is 14.9 Å². The van der Waals surface area contributed by atoms with Gasteiger partial charge in [-0.1, -0.05) is 23.7 Å². The van der Waals surface area contributed by atoms with Crippen molar-refractivity contribution in [3.63, 3.8) is 0 Å². The highest BCUT2D eigenvalue weighted by molar-refractivity contribution is 6.31. The number of rotatable bonds is 6. The molecule has 0 aliphatic rings. The van der Waals surface area contributed by atoms with Crippen molar-refractivity contribution < 1.29 is 14.0 Å². The van der Waals surface area contributed by atoms with Crippen LogP contribution in [0, 0.1) is 5.82 Å². The summed E-state index contributed by atoms with van der Waals surface area (Å²) in [5.41, 5.74) is 0.602. The number of para-hydroxylation sites is 1. The van der Waals surface area contributed by atoms with E-state index in [4.69, 9.17) is 11.6 Å². The van der Waals surface area contributed by atoms with Crippen LogP contribution in [-0.2, 0) is 16.1 Å². The number of benzene rings is 2. The molecule has 28 heavy (non-hydrogen) atoms. The van der Waals surface area contributed by atoms with Crippen LogP contribution in [0.5, 0.6) is 0 Å². The van der Waals surface area contributed by atoms with E-state index in [-0.39, 0.29) is 36.0 Å². The number of nitrogens with zero attached hydrogens (tertiary/aromatic N) is 2. The van der Waals surface area contributed by atoms with Crippen molar-refractivity contribution in [2.75, 3.05) is 11.9 Å². The van der Waals surface area contributed by atoms with Crippen LogP contribution in [0.1, 0.15) is 6.42 Å². The molecule has 0 spiro atoms. The minimum Gasteiger partial charge on any atom is -0.354 e. The molecule has 144 valence electrons. The number of amides is 2. The van der Waals surface area contributed by atoms with Crippen LogP contribution in [0.4, 0.5) is 10.1 Å². The highest BCUT2D eigenvalue weighted by Crippen LogP contribution is 2.19. The maximum absolute atomic E-state index is 13.1. The van der Waals surface area contributed by atoms with Gasteiger partial charge in [0.2, 0.25) is 11.8 Å². The van der Waals surface area contributed by atoms with Gasteiger partial charge in [-0.15, -0.1) is 0 Å². The van der Waals surface area contributed by atoms with Crippen molar-refractivity contribution in [2.24, 2.45) is 0 Å². The molecule has 1 aromatic heterocycles. The summed E-state index contributed by atoms with van der Waals surface area (Å²) < 4.78 is 14.3. The Morgan fingerprint density at radius 2 is 1.93 bits per heavy atom. The van der Waals surface area contributed by atoms with Gasteiger partial charge in [-0.3, -0.25) is 19.0 Å². The second-order valence-corrected chi connectivity index (χ2v) is 6.38. The zero-order valence-electron chi connectivity index (χ0n) is 14.6. The van der Waals surface area contributed by atoms with Gasteiger partial charge in [-0.25, -0.2) is 9.37 Å². The fourth-order valence-corrected chi connectivity index (χ4v) is 2.72. The molecule has 2 N–H and O–H groups in total. The van der Waals surface area contributed by atoms with Gasteiger partial charge in [0.15, 0.2) is 0 Å². The van der Waals surface area contributed by atoms with Gasteiger partial charge in [0.25, 0.3) is 5.56 Å². The number of fused-ring (bicyclic) bond motifs is 1. The molecule has 2 amide bonds. The Hall–Kier alpha value is -3.26. The summed E-state index contributed by atoms with van der Waals surface area (Å²) >= 11 is 5.65. The van der Waals surface area contributed by atoms with Crippen LogP contribution in [0.15, 0.2) is 53.6 Å². The van der Waals surface area contributed by atoms with E-state index in [2.05, 4.69) is 15.6 Å². The van der Waals surface area contributed by atoms with E-state index in [0.29, 0.717) is 16.6 Å². The maximum Gasteiger partial charge on any atom is 0.261 e. The zero-order chi connectivity index (χ0) is 20.1. The monoisotopic (exact) mass is 402 g/mol. The quantitative estimate of drug-likeness (QED) is 0.661. The molecular weight excluding hydrogens is 387 g/mol. The van der Waals surface area contributed by atoms with Crippen LogP contribution in [0.2, 0.25) is 5.02 Å². The van der Waals surface area contributed by atoms with Crippen LogP contribution in [0.25, 0.3) is 10.9 Å². The summed E-state index contributed by atoms with van der Waals surface area (Å²) in [6.07, 6.45) is 1.32. The molecule has 0 saturated carbocycles. The summed E-state index contributed by atoms with van der Waals surface area (Å²) in [5.74, 6) is -1.37. The van der Waals surface area contributed by atoms with E-state index >= 15 is 0 Å². The van der Waals surface area contributed by atoms with Gasteiger partial charge in [0.1, 0.15) is 12.4 Å². The summed E-state index contributed by atoms with van der Waals surface area (Å²) in [7, 11) is 0. The fraction of sp³-hybridized carbons (Fsp3) is 0.158. The number of aromatic nitrogens is 2. The number of nitrogens with one attached hydrogen (secondary N) is 2. The lowest BCUT2D eigenvalue weighted by molar-refractivity contribution is -0.121. The summed E-state index contributed by atoms with van der Waals surface area (Å²) in [4.78, 5) is 40.4. The third-order valence-electron chi connectivity index (χ3n) is 3.92. The molecule has 0 atom stereocenters. The molecule has 0 unspecified atom stereocenters. The smallest absolute Gasteiger partial charge is 0.261 e. The van der Waals surface area contributed by atoms with Crippen molar-refractivity contribution in [3.8, 4) is 0 Å². The zero-order valence-corrected chi connectivity index (χ0v) is 15.4. The number of hydrogen-bond donors (Lipinski definition) is 2. The normalized spacial score (nSPS) is 10.6. The van der Waals surface area contributed by atoms with Crippen LogP contribution < -0.4 is 16.2 Å². The first-order chi connectivity index (χ1) is 13.4. The predicted molar refractivity (Wildman–Crippen MR) is 104 cm³/mol. The average molecular weight is 403 g/mol. The molecule has 3 rings (SSSR count). The average Bonchev–Trinajstić information content (AvgIpc) is 2.67. The summed E-state index contributed by atoms with van der Waals surface area (Å²) in [5, 5.41) is 5.46. The molecule has 0 aliphatic carbocycles. The lowest BCUT2D eigenvalue weighted by Crippen LogP contribution is -2.34. The summed E-state index contributed by atoms with van der Waals surface area (Å²) in [6, 6.07) is 10.7. The lowest BCUT2D eigenvalue weighted by Gasteiger charge is -2.09. The number of halogens is 2. The molecule has 0 radical (unpaired) electrons. The molecule has 0 aliphatic heterocycles. The second kappa shape index (κ2) is 8.62. The Bertz CT molecular complexity index is 1100. The Morgan fingerprint density at radius 1 is 1.14 bits per heavy atom. The molecular formula is C19H16ClFN4O3. The maximum atomic E-state index is 13.1. The van der Waals surface area contributed by atoms with Gasteiger partial charge < -0.3 is 10.6 Å². The van der Waals surface area contributed by atoms with Gasteiger partial charge >= 0.3 is 0 Å². The Morgan fingerprint density at radius 3 is 2.71 bits per heavy atom. The minimum absolute atomic E-state index is 0.00556. The first kappa shape index (κ1) is 19.5.